The Labute approximate surface area is 170 Å². The van der Waals surface area contributed by atoms with E-state index in [0.717, 1.165) is 21.6 Å². The number of nitriles is 1. The van der Waals surface area contributed by atoms with Crippen LogP contribution in [-0.2, 0) is 13.6 Å². The molecule has 0 radical (unpaired) electrons. The van der Waals surface area contributed by atoms with E-state index in [1.807, 2.05) is 64.2 Å². The van der Waals surface area contributed by atoms with Crippen LogP contribution in [0.4, 0.5) is 0 Å². The number of nitrogens with zero attached hydrogens (tertiary/aromatic N) is 5. The molecule has 0 amide bonds. The number of fused-ring (bicyclic) bond motifs is 1. The summed E-state index contributed by atoms with van der Waals surface area (Å²) >= 11 is 3.00. The number of Topliss-reactive ketones (excluding diaryl/α,β-unsaturated/α-hetero) is 1. The zero-order valence-electron chi connectivity index (χ0n) is 15.2. The lowest BCUT2D eigenvalue weighted by Crippen LogP contribution is -2.03. The van der Waals surface area contributed by atoms with Gasteiger partial charge in [-0.05, 0) is 17.5 Å². The average Bonchev–Trinajstić information content (AvgIpc) is 3.44. The van der Waals surface area contributed by atoms with E-state index in [-0.39, 0.29) is 11.5 Å². The fraction of sp³-hybridized carbons (Fsp3) is 0.200. The first-order valence-corrected chi connectivity index (χ1v) is 10.6. The Bertz CT molecular complexity index is 1170. The van der Waals surface area contributed by atoms with Crippen molar-refractivity contribution in [2.45, 2.75) is 18.1 Å². The molecule has 3 heterocycles. The second-order valence-corrected chi connectivity index (χ2v) is 8.11. The first-order chi connectivity index (χ1) is 13.7. The normalized spacial score (nSPS) is 11.0. The van der Waals surface area contributed by atoms with Gasteiger partial charge in [-0.1, -0.05) is 36.0 Å². The minimum atomic E-state index is 0.0394. The molecule has 0 unspecified atom stereocenters. The van der Waals surface area contributed by atoms with Crippen LogP contribution in [0.5, 0.6) is 0 Å². The van der Waals surface area contributed by atoms with Crippen LogP contribution in [0.15, 0.2) is 53.1 Å². The van der Waals surface area contributed by atoms with Gasteiger partial charge in [0.2, 0.25) is 0 Å². The van der Waals surface area contributed by atoms with Crippen LogP contribution < -0.4 is 0 Å². The monoisotopic (exact) mass is 407 g/mol. The van der Waals surface area contributed by atoms with Crippen molar-refractivity contribution in [3.8, 4) is 16.8 Å². The van der Waals surface area contributed by atoms with Gasteiger partial charge in [-0.25, -0.2) is 0 Å². The number of para-hydroxylation sites is 1. The van der Waals surface area contributed by atoms with E-state index >= 15 is 0 Å². The third-order valence-corrected chi connectivity index (χ3v) is 6.35. The molecule has 28 heavy (non-hydrogen) atoms. The molecular weight excluding hydrogens is 390 g/mol. The molecule has 0 atom stereocenters. The van der Waals surface area contributed by atoms with Crippen LogP contribution >= 0.6 is 23.1 Å². The minimum absolute atomic E-state index is 0.0394. The quantitative estimate of drug-likeness (QED) is 0.335. The SMILES string of the molecule is Cn1c(SCC(=O)c2cn(CCC#N)c3ccccc23)nnc1-c1cccs1. The van der Waals surface area contributed by atoms with E-state index in [2.05, 4.69) is 16.3 Å². The summed E-state index contributed by atoms with van der Waals surface area (Å²) in [6, 6.07) is 13.9. The van der Waals surface area contributed by atoms with Gasteiger partial charge in [-0.2, -0.15) is 5.26 Å². The summed E-state index contributed by atoms with van der Waals surface area (Å²) in [5.74, 6) is 1.12. The molecule has 4 aromatic rings. The maximum absolute atomic E-state index is 12.9. The van der Waals surface area contributed by atoms with Crippen LogP contribution in [0.1, 0.15) is 16.8 Å². The topological polar surface area (TPSA) is 76.5 Å². The number of thioether (sulfide) groups is 1. The first-order valence-electron chi connectivity index (χ1n) is 8.73. The zero-order chi connectivity index (χ0) is 19.5. The molecule has 0 N–H and O–H groups in total. The van der Waals surface area contributed by atoms with E-state index in [9.17, 15) is 4.79 Å². The molecule has 1 aromatic carbocycles. The second-order valence-electron chi connectivity index (χ2n) is 6.22. The van der Waals surface area contributed by atoms with Crippen LogP contribution in [0.2, 0.25) is 0 Å². The summed E-state index contributed by atoms with van der Waals surface area (Å²) < 4.78 is 3.90. The largest absolute Gasteiger partial charge is 0.346 e. The Morgan fingerprint density at radius 1 is 1.25 bits per heavy atom. The third kappa shape index (κ3) is 3.46. The molecular formula is C20H17N5OS2. The van der Waals surface area contributed by atoms with Crippen LogP contribution in [0.25, 0.3) is 21.6 Å². The standard InChI is InChI=1S/C20H17N5OS2/c1-24-19(18-8-4-11-27-18)22-23-20(24)28-13-17(26)15-12-25(10-5-9-21)16-7-3-2-6-14(15)16/h2-4,6-8,11-12H,5,10,13H2,1H3. The zero-order valence-corrected chi connectivity index (χ0v) is 16.8. The lowest BCUT2D eigenvalue weighted by molar-refractivity contribution is 0.102. The second kappa shape index (κ2) is 8.00. The molecule has 3 aromatic heterocycles. The Hall–Kier alpha value is -2.89. The molecule has 0 fully saturated rings. The number of aryl methyl sites for hydroxylation is 1. The van der Waals surface area contributed by atoms with Crippen LogP contribution in [0, 0.1) is 11.3 Å². The number of benzene rings is 1. The van der Waals surface area contributed by atoms with E-state index < -0.39 is 0 Å². The van der Waals surface area contributed by atoms with Gasteiger partial charge in [-0.15, -0.1) is 21.5 Å². The molecule has 0 saturated carbocycles. The molecule has 0 bridgehead atoms. The predicted octanol–water partition coefficient (Wildman–Crippen LogP) is 4.39. The molecule has 0 aliphatic rings. The lowest BCUT2D eigenvalue weighted by Gasteiger charge is -2.02. The molecule has 0 spiro atoms. The summed E-state index contributed by atoms with van der Waals surface area (Å²) in [4.78, 5) is 14.0. The summed E-state index contributed by atoms with van der Waals surface area (Å²) in [6.07, 6.45) is 2.27. The fourth-order valence-electron chi connectivity index (χ4n) is 3.09. The maximum Gasteiger partial charge on any atom is 0.191 e. The van der Waals surface area contributed by atoms with Gasteiger partial charge in [0.15, 0.2) is 16.8 Å². The summed E-state index contributed by atoms with van der Waals surface area (Å²) in [5, 5.41) is 21.0. The Morgan fingerprint density at radius 2 is 2.11 bits per heavy atom. The van der Waals surface area contributed by atoms with E-state index in [4.69, 9.17) is 5.26 Å². The predicted molar refractivity (Wildman–Crippen MR) is 112 cm³/mol. The smallest absolute Gasteiger partial charge is 0.191 e. The van der Waals surface area contributed by atoms with Crippen molar-refractivity contribution >= 4 is 39.8 Å². The number of hydrogen-bond acceptors (Lipinski definition) is 6. The summed E-state index contributed by atoms with van der Waals surface area (Å²) in [7, 11) is 1.91. The fourth-order valence-corrected chi connectivity index (χ4v) is 4.63. The highest BCUT2D eigenvalue weighted by atomic mass is 32.2. The Balaban J connectivity index is 1.54. The minimum Gasteiger partial charge on any atom is -0.346 e. The van der Waals surface area contributed by atoms with Gasteiger partial charge in [-0.3, -0.25) is 4.79 Å². The van der Waals surface area contributed by atoms with Gasteiger partial charge in [0.1, 0.15) is 0 Å². The molecule has 0 saturated heterocycles. The highest BCUT2D eigenvalue weighted by molar-refractivity contribution is 7.99. The van der Waals surface area contributed by atoms with E-state index in [0.29, 0.717) is 23.7 Å². The Morgan fingerprint density at radius 3 is 2.89 bits per heavy atom. The molecule has 8 heteroatoms. The van der Waals surface area contributed by atoms with Gasteiger partial charge in [0.25, 0.3) is 0 Å². The van der Waals surface area contributed by atoms with E-state index in [1.165, 1.54) is 11.8 Å². The van der Waals surface area contributed by atoms with Gasteiger partial charge >= 0.3 is 0 Å². The summed E-state index contributed by atoms with van der Waals surface area (Å²) in [5.41, 5.74) is 1.66. The molecule has 140 valence electrons. The van der Waals surface area contributed by atoms with Crippen LogP contribution in [-0.4, -0.2) is 30.9 Å². The van der Waals surface area contributed by atoms with Crippen molar-refractivity contribution in [1.82, 2.24) is 19.3 Å². The number of thiophene rings is 1. The molecule has 0 aliphatic carbocycles. The van der Waals surface area contributed by atoms with Gasteiger partial charge in [0, 0.05) is 36.3 Å². The van der Waals surface area contributed by atoms with Crippen molar-refractivity contribution in [3.63, 3.8) is 0 Å². The highest BCUT2D eigenvalue weighted by Crippen LogP contribution is 2.28. The number of aromatic nitrogens is 4. The third-order valence-electron chi connectivity index (χ3n) is 4.46. The summed E-state index contributed by atoms with van der Waals surface area (Å²) in [6.45, 7) is 0.574. The van der Waals surface area contributed by atoms with Crippen molar-refractivity contribution in [3.05, 3.63) is 53.5 Å². The number of hydrogen-bond donors (Lipinski definition) is 0. The molecule has 4 rings (SSSR count). The highest BCUT2D eigenvalue weighted by Gasteiger charge is 2.17. The van der Waals surface area contributed by atoms with Crippen molar-refractivity contribution in [2.24, 2.45) is 7.05 Å². The van der Waals surface area contributed by atoms with Gasteiger partial charge in [0.05, 0.1) is 23.1 Å². The Kier molecular flexibility index (Phi) is 5.28. The first kappa shape index (κ1) is 18.5. The van der Waals surface area contributed by atoms with Crippen molar-refractivity contribution in [2.75, 3.05) is 5.75 Å². The van der Waals surface area contributed by atoms with E-state index in [1.54, 1.807) is 11.3 Å². The maximum atomic E-state index is 12.9. The average molecular weight is 408 g/mol. The van der Waals surface area contributed by atoms with Gasteiger partial charge < -0.3 is 9.13 Å². The number of ketones is 1. The number of carbonyl (C=O) groups is 1. The van der Waals surface area contributed by atoms with Crippen molar-refractivity contribution in [1.29, 1.82) is 5.26 Å². The molecule has 6 nitrogen and oxygen atoms in total. The number of rotatable bonds is 7. The molecule has 0 aliphatic heterocycles. The van der Waals surface area contributed by atoms with Crippen LogP contribution in [0.3, 0.4) is 0 Å². The lowest BCUT2D eigenvalue weighted by atomic mass is 10.1. The number of carbonyl (C=O) groups excluding carboxylic acids is 1. The van der Waals surface area contributed by atoms with Crippen molar-refractivity contribution < 1.29 is 4.79 Å².